The van der Waals surface area contributed by atoms with E-state index >= 15 is 0 Å². The van der Waals surface area contributed by atoms with Crippen molar-refractivity contribution in [3.05, 3.63) is 90.9 Å². The average molecular weight is 363 g/mol. The Bertz CT molecular complexity index is 797. The van der Waals surface area contributed by atoms with Crippen molar-refractivity contribution < 1.29 is 6.85 Å². The van der Waals surface area contributed by atoms with E-state index < -0.39 is 20.2 Å². The van der Waals surface area contributed by atoms with E-state index in [9.17, 15) is 0 Å². The van der Waals surface area contributed by atoms with E-state index in [4.69, 9.17) is 6.85 Å². The van der Waals surface area contributed by atoms with Crippen molar-refractivity contribution in [2.45, 2.75) is 0 Å². The molecule has 0 saturated carbocycles. The number of hydrogen-bond donors (Lipinski definition) is 0. The molecule has 0 aliphatic heterocycles. The third kappa shape index (κ3) is 2.91. The number of benzene rings is 3. The van der Waals surface area contributed by atoms with Gasteiger partial charge in [-0.25, -0.2) is 0 Å². The average Bonchev–Trinajstić information content (AvgIpc) is 2.63. The molecule has 0 aliphatic carbocycles. The molecule has 0 amide bonds. The van der Waals surface area contributed by atoms with Gasteiger partial charge in [-0.3, -0.25) is 0 Å². The van der Waals surface area contributed by atoms with Gasteiger partial charge in [-0.05, 0) is 0 Å². The molecule has 19 heavy (non-hydrogen) atoms. The zero-order valence-corrected chi connectivity index (χ0v) is 12.8. The van der Waals surface area contributed by atoms with E-state index in [0.29, 0.717) is 3.51 Å². The van der Waals surface area contributed by atoms with E-state index in [2.05, 4.69) is 0 Å². The minimum atomic E-state index is -2.72. The van der Waals surface area contributed by atoms with Crippen molar-refractivity contribution in [1.29, 1.82) is 0 Å². The molecule has 3 aromatic rings. The van der Waals surface area contributed by atoms with Crippen LogP contribution in [0.4, 0.5) is 0 Å². The third-order valence-corrected chi connectivity index (χ3v) is 9.30. The van der Waals surface area contributed by atoms with Crippen LogP contribution in [0.5, 0.6) is 0 Å². The SMILES string of the molecule is [3H]c1c([3H])c([3H])[c]([Sb]([c]2ccccc2)[c]2ccccc2)c([3H])c1[3H]. The van der Waals surface area contributed by atoms with Crippen molar-refractivity contribution in [2.24, 2.45) is 0 Å². The molecule has 0 fully saturated rings. The van der Waals surface area contributed by atoms with Crippen LogP contribution in [-0.2, 0) is 0 Å². The topological polar surface area (TPSA) is 0 Å². The second-order valence-corrected chi connectivity index (χ2v) is 10.1. The predicted octanol–water partition coefficient (Wildman–Crippen LogP) is 2.20. The summed E-state index contributed by atoms with van der Waals surface area (Å²) >= 11 is -2.72. The summed E-state index contributed by atoms with van der Waals surface area (Å²) in [5.74, 6) is 0. The van der Waals surface area contributed by atoms with Gasteiger partial charge in [-0.15, -0.1) is 0 Å². The molecule has 0 radical (unpaired) electrons. The van der Waals surface area contributed by atoms with Crippen LogP contribution >= 0.6 is 0 Å². The third-order valence-electron chi connectivity index (χ3n) is 2.74. The molecule has 0 nitrogen and oxygen atoms in total. The van der Waals surface area contributed by atoms with E-state index in [1.807, 2.05) is 60.7 Å². The Labute approximate surface area is 128 Å². The van der Waals surface area contributed by atoms with Crippen molar-refractivity contribution in [1.82, 2.24) is 0 Å². The van der Waals surface area contributed by atoms with Crippen LogP contribution in [0.15, 0.2) is 90.9 Å². The molecule has 0 heterocycles. The van der Waals surface area contributed by atoms with Gasteiger partial charge in [0.1, 0.15) is 0 Å². The molecular formula is C18H15Sb. The Kier molecular flexibility index (Phi) is 2.54. The molecule has 3 rings (SSSR count). The Morgan fingerprint density at radius 2 is 1.05 bits per heavy atom. The van der Waals surface area contributed by atoms with Gasteiger partial charge in [0.25, 0.3) is 0 Å². The quantitative estimate of drug-likeness (QED) is 0.626. The molecule has 0 aliphatic rings. The first kappa shape index (κ1) is 7.92. The minimum absolute atomic E-state index is 0.0725. The fraction of sp³-hybridized carbons (Fsp3) is 0. The van der Waals surface area contributed by atoms with Gasteiger partial charge in [0.15, 0.2) is 0 Å². The fourth-order valence-electron chi connectivity index (χ4n) is 1.92. The first-order chi connectivity index (χ1) is 11.5. The zero-order chi connectivity index (χ0) is 17.3. The van der Waals surface area contributed by atoms with E-state index in [1.54, 1.807) is 0 Å². The monoisotopic (exact) mass is 362 g/mol. The maximum atomic E-state index is 8.34. The van der Waals surface area contributed by atoms with Crippen LogP contribution in [-0.4, -0.2) is 20.2 Å². The molecule has 0 unspecified atom stereocenters. The predicted molar refractivity (Wildman–Crippen MR) is 84.0 cm³/mol. The van der Waals surface area contributed by atoms with Gasteiger partial charge in [-0.2, -0.15) is 0 Å². The summed E-state index contributed by atoms with van der Waals surface area (Å²) in [6.07, 6.45) is 0. The Balaban J connectivity index is 2.33. The van der Waals surface area contributed by atoms with Crippen molar-refractivity contribution in [3.63, 3.8) is 0 Å². The van der Waals surface area contributed by atoms with Gasteiger partial charge >= 0.3 is 128 Å². The van der Waals surface area contributed by atoms with E-state index in [-0.39, 0.29) is 30.2 Å². The van der Waals surface area contributed by atoms with Crippen molar-refractivity contribution in [2.75, 3.05) is 0 Å². The Morgan fingerprint density at radius 1 is 0.579 bits per heavy atom. The Morgan fingerprint density at radius 3 is 1.53 bits per heavy atom. The van der Waals surface area contributed by atoms with E-state index in [1.165, 1.54) is 0 Å². The molecule has 0 aromatic heterocycles. The first-order valence-electron chi connectivity index (χ1n) is 8.49. The molecule has 0 atom stereocenters. The summed E-state index contributed by atoms with van der Waals surface area (Å²) in [4.78, 5) is 0. The van der Waals surface area contributed by atoms with Gasteiger partial charge in [0.2, 0.25) is 0 Å². The molecule has 0 spiro atoms. The normalized spacial score (nSPS) is 14.3. The molecule has 3 aromatic carbocycles. The van der Waals surface area contributed by atoms with Gasteiger partial charge in [0.05, 0.1) is 0 Å². The molecular weight excluding hydrogens is 338 g/mol. The van der Waals surface area contributed by atoms with Crippen LogP contribution < -0.4 is 10.5 Å². The van der Waals surface area contributed by atoms with Crippen molar-refractivity contribution in [3.8, 4) is 0 Å². The molecule has 92 valence electrons. The summed E-state index contributed by atoms with van der Waals surface area (Å²) in [5, 5.41) is 0. The van der Waals surface area contributed by atoms with Crippen molar-refractivity contribution >= 4 is 30.7 Å². The summed E-state index contributed by atoms with van der Waals surface area (Å²) in [6.45, 7) is 0. The second kappa shape index (κ2) is 6.08. The van der Waals surface area contributed by atoms with Gasteiger partial charge in [0, 0.05) is 0 Å². The van der Waals surface area contributed by atoms with E-state index in [0.717, 1.165) is 7.02 Å². The molecule has 0 bridgehead atoms. The summed E-state index contributed by atoms with van der Waals surface area (Å²) in [6, 6.07) is 18.6. The fourth-order valence-corrected chi connectivity index (χ4v) is 7.88. The van der Waals surface area contributed by atoms with Gasteiger partial charge < -0.3 is 0 Å². The first-order valence-corrected chi connectivity index (χ1v) is 9.82. The molecule has 0 N–H and O–H groups in total. The summed E-state index contributed by atoms with van der Waals surface area (Å²) in [7, 11) is 0. The van der Waals surface area contributed by atoms with Crippen LogP contribution in [0, 0.1) is 0 Å². The van der Waals surface area contributed by atoms with Crippen LogP contribution in [0.3, 0.4) is 0 Å². The Hall–Kier alpha value is -1.52. The second-order valence-electron chi connectivity index (χ2n) is 3.98. The molecule has 1 heteroatoms. The summed E-state index contributed by atoms with van der Waals surface area (Å²) in [5.41, 5.74) is 0. The number of rotatable bonds is 3. The summed E-state index contributed by atoms with van der Waals surface area (Å²) < 4.78 is 43.1. The van der Waals surface area contributed by atoms with Crippen LogP contribution in [0.25, 0.3) is 0 Å². The maximum absolute atomic E-state index is 8.34. The molecule has 0 saturated heterocycles. The standard InChI is InChI=1S/3C6H5.Sb/c3*1-2-4-6-5-3-1;/h3*1-5H;/i1T,2T,3T,4T,5T;;;. The number of hydrogen-bond acceptors (Lipinski definition) is 0. The van der Waals surface area contributed by atoms with Crippen LogP contribution in [0.2, 0.25) is 0 Å². The van der Waals surface area contributed by atoms with Crippen LogP contribution in [0.1, 0.15) is 6.85 Å². The zero-order valence-electron chi connectivity index (χ0n) is 15.2. The van der Waals surface area contributed by atoms with Gasteiger partial charge in [-0.1, -0.05) is 0 Å².